The molecule has 2 amide bonds. The van der Waals surface area contributed by atoms with Crippen LogP contribution < -0.4 is 21.3 Å². The molecule has 0 fully saturated rings. The normalized spacial score (nSPS) is 15.3. The monoisotopic (exact) mass is 390 g/mol. The lowest BCUT2D eigenvalue weighted by Crippen LogP contribution is -2.31. The number of carbonyl (C=O) groups excluding carboxylic acids is 2. The Morgan fingerprint density at radius 3 is 2.52 bits per heavy atom. The summed E-state index contributed by atoms with van der Waals surface area (Å²) in [6, 6.07) is 16.1. The van der Waals surface area contributed by atoms with E-state index in [2.05, 4.69) is 15.3 Å². The number of nitrogens with two attached hydrogens (primary N) is 1. The van der Waals surface area contributed by atoms with Crippen LogP contribution in [0.15, 0.2) is 59.4 Å². The highest BCUT2D eigenvalue weighted by Gasteiger charge is 2.31. The van der Waals surface area contributed by atoms with Crippen LogP contribution >= 0.6 is 0 Å². The van der Waals surface area contributed by atoms with E-state index in [4.69, 9.17) is 10.5 Å². The minimum Gasteiger partial charge on any atom is -0.484 e. The molecular formula is C21H18N4O4. The van der Waals surface area contributed by atoms with Crippen molar-refractivity contribution in [3.63, 3.8) is 0 Å². The average Bonchev–Trinajstić information content (AvgIpc) is 2.72. The van der Waals surface area contributed by atoms with Gasteiger partial charge in [-0.3, -0.25) is 14.4 Å². The van der Waals surface area contributed by atoms with E-state index in [1.54, 1.807) is 24.3 Å². The lowest BCUT2D eigenvalue weighted by atomic mass is 9.87. The summed E-state index contributed by atoms with van der Waals surface area (Å²) < 4.78 is 5.25. The first-order chi connectivity index (χ1) is 14.0. The third-order valence-electron chi connectivity index (χ3n) is 4.66. The highest BCUT2D eigenvalue weighted by molar-refractivity contribution is 5.94. The van der Waals surface area contributed by atoms with Crippen LogP contribution in [0.4, 0.5) is 5.82 Å². The summed E-state index contributed by atoms with van der Waals surface area (Å²) in [7, 11) is 0. The standard InChI is InChI=1S/C21H18N4O4/c22-16(26)11-29-14-8-6-12(7-9-14)15-10-17(27)23-20-18(15)21(28)25-19(24-20)13-4-2-1-3-5-13/h1-9,15H,10-11H2,(H2,22,26)(H2,23,24,25,27,28)/t15-/m1/s1. The molecule has 1 aromatic heterocycles. The fourth-order valence-electron chi connectivity index (χ4n) is 3.34. The number of nitrogens with one attached hydrogen (secondary N) is 2. The van der Waals surface area contributed by atoms with Gasteiger partial charge in [-0.2, -0.15) is 0 Å². The largest absolute Gasteiger partial charge is 0.484 e. The Kier molecular flexibility index (Phi) is 4.82. The lowest BCUT2D eigenvalue weighted by Gasteiger charge is -2.24. The smallest absolute Gasteiger partial charge is 0.257 e. The average molecular weight is 390 g/mol. The summed E-state index contributed by atoms with van der Waals surface area (Å²) in [6.45, 7) is -0.222. The van der Waals surface area contributed by atoms with E-state index in [0.717, 1.165) is 11.1 Å². The summed E-state index contributed by atoms with van der Waals surface area (Å²) in [5.74, 6) is -0.0923. The second-order valence-electron chi connectivity index (χ2n) is 6.67. The Morgan fingerprint density at radius 2 is 1.83 bits per heavy atom. The number of hydrogen-bond acceptors (Lipinski definition) is 5. The Balaban J connectivity index is 1.70. The van der Waals surface area contributed by atoms with E-state index in [-0.39, 0.29) is 30.3 Å². The van der Waals surface area contributed by atoms with Crippen LogP contribution in [0, 0.1) is 0 Å². The molecule has 8 nitrogen and oxygen atoms in total. The molecule has 1 aliphatic heterocycles. The van der Waals surface area contributed by atoms with Gasteiger partial charge >= 0.3 is 0 Å². The SMILES string of the molecule is NC(=O)COc1ccc([C@H]2CC(=O)Nc3nc(-c4ccccc4)[nH]c(=O)c32)cc1. The highest BCUT2D eigenvalue weighted by atomic mass is 16.5. The third-order valence-corrected chi connectivity index (χ3v) is 4.66. The van der Waals surface area contributed by atoms with Gasteiger partial charge in [0.25, 0.3) is 11.5 Å². The van der Waals surface area contributed by atoms with E-state index < -0.39 is 11.8 Å². The van der Waals surface area contributed by atoms with Crippen molar-refractivity contribution in [2.45, 2.75) is 12.3 Å². The lowest BCUT2D eigenvalue weighted by molar-refractivity contribution is -0.120. The first kappa shape index (κ1) is 18.4. The zero-order valence-electron chi connectivity index (χ0n) is 15.3. The number of aromatic nitrogens is 2. The van der Waals surface area contributed by atoms with E-state index in [0.29, 0.717) is 17.1 Å². The van der Waals surface area contributed by atoms with Crippen LogP contribution in [0.1, 0.15) is 23.5 Å². The van der Waals surface area contributed by atoms with Crippen LogP contribution in [0.3, 0.4) is 0 Å². The number of nitrogens with zero attached hydrogens (tertiary/aromatic N) is 1. The number of H-pyrrole nitrogens is 1. The summed E-state index contributed by atoms with van der Waals surface area (Å²) in [5, 5.41) is 2.71. The minimum absolute atomic E-state index is 0.129. The first-order valence-corrected chi connectivity index (χ1v) is 9.02. The second-order valence-corrected chi connectivity index (χ2v) is 6.67. The summed E-state index contributed by atoms with van der Waals surface area (Å²) >= 11 is 0. The Bertz CT molecular complexity index is 1120. The zero-order valence-corrected chi connectivity index (χ0v) is 15.3. The molecule has 0 saturated heterocycles. The fourth-order valence-corrected chi connectivity index (χ4v) is 3.34. The maximum atomic E-state index is 12.9. The third kappa shape index (κ3) is 3.86. The van der Waals surface area contributed by atoms with Gasteiger partial charge in [0.2, 0.25) is 5.91 Å². The molecule has 2 aromatic carbocycles. The van der Waals surface area contributed by atoms with E-state index in [1.807, 2.05) is 30.3 Å². The number of ether oxygens (including phenoxy) is 1. The number of aromatic amines is 1. The molecule has 4 N–H and O–H groups in total. The molecule has 0 bridgehead atoms. The molecule has 0 unspecified atom stereocenters. The molecule has 0 spiro atoms. The van der Waals surface area contributed by atoms with E-state index in [1.165, 1.54) is 0 Å². The van der Waals surface area contributed by atoms with Crippen LogP contribution in [0.25, 0.3) is 11.4 Å². The maximum absolute atomic E-state index is 12.9. The first-order valence-electron chi connectivity index (χ1n) is 9.02. The number of primary amides is 1. The van der Waals surface area contributed by atoms with Crippen LogP contribution in [0.2, 0.25) is 0 Å². The van der Waals surface area contributed by atoms with Crippen molar-refractivity contribution in [2.24, 2.45) is 5.73 Å². The van der Waals surface area contributed by atoms with Crippen molar-refractivity contribution in [3.05, 3.63) is 76.1 Å². The van der Waals surface area contributed by atoms with Gasteiger partial charge in [-0.1, -0.05) is 42.5 Å². The molecule has 0 saturated carbocycles. The predicted octanol–water partition coefficient (Wildman–Crippen LogP) is 1.78. The van der Waals surface area contributed by atoms with Crippen LogP contribution in [-0.2, 0) is 9.59 Å². The van der Waals surface area contributed by atoms with Gasteiger partial charge in [0, 0.05) is 17.9 Å². The fraction of sp³-hybridized carbons (Fsp3) is 0.143. The number of hydrogen-bond donors (Lipinski definition) is 3. The van der Waals surface area contributed by atoms with Crippen LogP contribution in [-0.4, -0.2) is 28.4 Å². The summed E-state index contributed by atoms with van der Waals surface area (Å²) in [5.41, 5.74) is 6.71. The summed E-state index contributed by atoms with van der Waals surface area (Å²) in [6.07, 6.45) is 0.129. The van der Waals surface area contributed by atoms with Crippen molar-refractivity contribution >= 4 is 17.6 Å². The Labute approximate surface area is 165 Å². The van der Waals surface area contributed by atoms with Crippen molar-refractivity contribution in [2.75, 3.05) is 11.9 Å². The molecule has 8 heteroatoms. The number of anilines is 1. The molecule has 1 atom stereocenters. The highest BCUT2D eigenvalue weighted by Crippen LogP contribution is 2.35. The molecule has 3 aromatic rings. The van der Waals surface area contributed by atoms with E-state index >= 15 is 0 Å². The quantitative estimate of drug-likeness (QED) is 0.612. The van der Waals surface area contributed by atoms with Gasteiger partial charge in [-0.15, -0.1) is 0 Å². The summed E-state index contributed by atoms with van der Waals surface area (Å²) in [4.78, 5) is 43.3. The molecule has 4 rings (SSSR count). The molecule has 29 heavy (non-hydrogen) atoms. The second kappa shape index (κ2) is 7.59. The van der Waals surface area contributed by atoms with Crippen LogP contribution in [0.5, 0.6) is 5.75 Å². The number of rotatable bonds is 5. The molecule has 1 aliphatic rings. The number of amides is 2. The van der Waals surface area contributed by atoms with Gasteiger partial charge in [0.1, 0.15) is 17.4 Å². The molecule has 0 aliphatic carbocycles. The number of benzene rings is 2. The van der Waals surface area contributed by atoms with E-state index in [9.17, 15) is 14.4 Å². The topological polar surface area (TPSA) is 127 Å². The van der Waals surface area contributed by atoms with Gasteiger partial charge in [0.05, 0.1) is 5.56 Å². The van der Waals surface area contributed by atoms with Crippen molar-refractivity contribution in [1.82, 2.24) is 9.97 Å². The Morgan fingerprint density at radius 1 is 1.10 bits per heavy atom. The van der Waals surface area contributed by atoms with Crippen molar-refractivity contribution in [3.8, 4) is 17.1 Å². The number of carbonyl (C=O) groups is 2. The molecule has 146 valence electrons. The van der Waals surface area contributed by atoms with Gasteiger partial charge in [0.15, 0.2) is 6.61 Å². The Hall–Kier alpha value is -3.94. The van der Waals surface area contributed by atoms with Crippen molar-refractivity contribution < 1.29 is 14.3 Å². The maximum Gasteiger partial charge on any atom is 0.257 e. The molecular weight excluding hydrogens is 372 g/mol. The predicted molar refractivity (Wildman–Crippen MR) is 107 cm³/mol. The zero-order chi connectivity index (χ0) is 20.4. The van der Waals surface area contributed by atoms with Gasteiger partial charge in [-0.05, 0) is 17.7 Å². The molecule has 0 radical (unpaired) electrons. The van der Waals surface area contributed by atoms with Gasteiger partial charge < -0.3 is 20.8 Å². The van der Waals surface area contributed by atoms with Gasteiger partial charge in [-0.25, -0.2) is 4.98 Å². The van der Waals surface area contributed by atoms with Crippen molar-refractivity contribution in [1.29, 1.82) is 0 Å². The minimum atomic E-state index is -0.571. The molecule has 2 heterocycles. The number of fused-ring (bicyclic) bond motifs is 1.